The van der Waals surface area contributed by atoms with Crippen LogP contribution in [-0.4, -0.2) is 48.2 Å². The lowest BCUT2D eigenvalue weighted by molar-refractivity contribution is -0.0518. The fourth-order valence-electron chi connectivity index (χ4n) is 4.54. The molecule has 1 amide bonds. The molecule has 0 spiro atoms. The molecular weight excluding hydrogens is 412 g/mol. The average Bonchev–Trinajstić information content (AvgIpc) is 3.20. The lowest BCUT2D eigenvalue weighted by Crippen LogP contribution is -2.35. The first-order valence-electron chi connectivity index (χ1n) is 10.5. The van der Waals surface area contributed by atoms with E-state index in [2.05, 4.69) is 15.2 Å². The first kappa shape index (κ1) is 21.2. The minimum absolute atomic E-state index is 0.0727. The van der Waals surface area contributed by atoms with Gasteiger partial charge in [-0.05, 0) is 49.4 Å². The number of aliphatic hydroxyl groups is 1. The minimum Gasteiger partial charge on any atom is -0.396 e. The van der Waals surface area contributed by atoms with Gasteiger partial charge in [0.15, 0.2) is 0 Å². The van der Waals surface area contributed by atoms with E-state index in [9.17, 15) is 18.7 Å². The predicted octanol–water partition coefficient (Wildman–Crippen LogP) is 4.26. The highest BCUT2D eigenvalue weighted by Crippen LogP contribution is 2.36. The number of nitrogens with zero attached hydrogens (tertiary/aromatic N) is 2. The van der Waals surface area contributed by atoms with E-state index in [4.69, 9.17) is 11.6 Å². The summed E-state index contributed by atoms with van der Waals surface area (Å²) in [6, 6.07) is 7.11. The number of anilines is 1. The fourth-order valence-corrected chi connectivity index (χ4v) is 4.79. The van der Waals surface area contributed by atoms with E-state index in [-0.39, 0.29) is 43.7 Å². The topological polar surface area (TPSA) is 65.5 Å². The molecule has 2 aliphatic rings. The SMILES string of the molecule is O=C(NCC1CCCC(F)(F)C1)c1c(Cl)ccc2nc(N3CC[C@H](CO)C3)ccc12. The van der Waals surface area contributed by atoms with Crippen LogP contribution in [0.25, 0.3) is 10.9 Å². The van der Waals surface area contributed by atoms with Crippen LogP contribution < -0.4 is 10.2 Å². The van der Waals surface area contributed by atoms with Gasteiger partial charge >= 0.3 is 0 Å². The molecule has 2 fully saturated rings. The second kappa shape index (κ2) is 8.63. The zero-order valence-electron chi connectivity index (χ0n) is 16.7. The summed E-state index contributed by atoms with van der Waals surface area (Å²) in [6.07, 6.45) is 1.82. The average molecular weight is 438 g/mol. The Morgan fingerprint density at radius 2 is 2.10 bits per heavy atom. The normalized spacial score (nSPS) is 23.7. The first-order chi connectivity index (χ1) is 14.4. The minimum atomic E-state index is -2.64. The second-order valence-corrected chi connectivity index (χ2v) is 8.88. The summed E-state index contributed by atoms with van der Waals surface area (Å²) < 4.78 is 27.3. The Balaban J connectivity index is 1.51. The summed E-state index contributed by atoms with van der Waals surface area (Å²) in [6.45, 7) is 1.96. The molecule has 1 aliphatic carbocycles. The number of carbonyl (C=O) groups excluding carboxylic acids is 1. The van der Waals surface area contributed by atoms with Crippen LogP contribution in [0.5, 0.6) is 0 Å². The largest absolute Gasteiger partial charge is 0.396 e. The molecule has 0 bridgehead atoms. The molecule has 1 saturated carbocycles. The summed E-state index contributed by atoms with van der Waals surface area (Å²) in [5.41, 5.74) is 0.976. The van der Waals surface area contributed by atoms with E-state index >= 15 is 0 Å². The van der Waals surface area contributed by atoms with Crippen molar-refractivity contribution >= 4 is 34.2 Å². The number of fused-ring (bicyclic) bond motifs is 1. The number of hydrogen-bond acceptors (Lipinski definition) is 4. The molecule has 1 unspecified atom stereocenters. The Kier molecular flexibility index (Phi) is 6.11. The van der Waals surface area contributed by atoms with Gasteiger partial charge in [0.25, 0.3) is 5.91 Å². The van der Waals surface area contributed by atoms with E-state index in [1.165, 1.54) is 0 Å². The van der Waals surface area contributed by atoms with Crippen molar-refractivity contribution in [2.45, 2.75) is 38.0 Å². The van der Waals surface area contributed by atoms with Gasteiger partial charge in [-0.1, -0.05) is 11.6 Å². The Labute approximate surface area is 179 Å². The number of aliphatic hydroxyl groups excluding tert-OH is 1. The van der Waals surface area contributed by atoms with E-state index in [0.29, 0.717) is 34.3 Å². The number of halogens is 3. The highest BCUT2D eigenvalue weighted by atomic mass is 35.5. The number of carbonyl (C=O) groups is 1. The summed E-state index contributed by atoms with van der Waals surface area (Å²) in [5, 5.41) is 13.1. The lowest BCUT2D eigenvalue weighted by atomic mass is 9.86. The van der Waals surface area contributed by atoms with Gasteiger partial charge in [0.2, 0.25) is 5.92 Å². The van der Waals surface area contributed by atoms with Crippen LogP contribution in [0.4, 0.5) is 14.6 Å². The number of rotatable bonds is 5. The van der Waals surface area contributed by atoms with Gasteiger partial charge in [0.1, 0.15) is 5.82 Å². The molecule has 2 aromatic rings. The summed E-state index contributed by atoms with van der Waals surface area (Å²) >= 11 is 6.32. The smallest absolute Gasteiger partial charge is 0.253 e. The van der Waals surface area contributed by atoms with Crippen LogP contribution in [0.2, 0.25) is 5.02 Å². The first-order valence-corrected chi connectivity index (χ1v) is 10.9. The lowest BCUT2D eigenvalue weighted by Gasteiger charge is -2.29. The maximum atomic E-state index is 13.6. The molecule has 2 N–H and O–H groups in total. The molecule has 1 saturated heterocycles. The number of hydrogen-bond donors (Lipinski definition) is 2. The Bertz CT molecular complexity index is 940. The Morgan fingerprint density at radius 3 is 2.83 bits per heavy atom. The van der Waals surface area contributed by atoms with Crippen LogP contribution in [0.1, 0.15) is 42.5 Å². The summed E-state index contributed by atoms with van der Waals surface area (Å²) in [5.74, 6) is -2.19. The van der Waals surface area contributed by atoms with Crippen molar-refractivity contribution in [1.82, 2.24) is 10.3 Å². The second-order valence-electron chi connectivity index (χ2n) is 8.47. The quantitative estimate of drug-likeness (QED) is 0.733. The summed E-state index contributed by atoms with van der Waals surface area (Å²) in [4.78, 5) is 19.7. The molecule has 1 aliphatic heterocycles. The van der Waals surface area contributed by atoms with Crippen molar-refractivity contribution in [3.05, 3.63) is 34.9 Å². The standard InChI is InChI=1S/C22H26ClF2N3O2/c23-17-4-5-18-16(3-6-19(27-18)28-9-7-15(12-28)13-29)20(17)21(30)26-11-14-2-1-8-22(24,25)10-14/h3-6,14-15,29H,1-2,7-13H2,(H,26,30)/t14?,15-/m0/s1. The third kappa shape index (κ3) is 4.52. The van der Waals surface area contributed by atoms with E-state index in [1.54, 1.807) is 12.1 Å². The zero-order valence-corrected chi connectivity index (χ0v) is 17.5. The number of amides is 1. The highest BCUT2D eigenvalue weighted by Gasteiger charge is 2.36. The van der Waals surface area contributed by atoms with E-state index < -0.39 is 5.92 Å². The van der Waals surface area contributed by atoms with Crippen LogP contribution >= 0.6 is 11.6 Å². The van der Waals surface area contributed by atoms with Gasteiger partial charge in [-0.15, -0.1) is 0 Å². The molecule has 2 atom stereocenters. The molecule has 2 heterocycles. The van der Waals surface area contributed by atoms with Crippen LogP contribution in [-0.2, 0) is 0 Å². The van der Waals surface area contributed by atoms with Gasteiger partial charge in [0.05, 0.1) is 16.1 Å². The van der Waals surface area contributed by atoms with Crippen LogP contribution in [0.3, 0.4) is 0 Å². The molecule has 162 valence electrons. The predicted molar refractivity (Wildman–Crippen MR) is 113 cm³/mol. The van der Waals surface area contributed by atoms with Gasteiger partial charge in [-0.3, -0.25) is 4.79 Å². The maximum absolute atomic E-state index is 13.6. The van der Waals surface area contributed by atoms with Crippen molar-refractivity contribution < 1.29 is 18.7 Å². The summed E-state index contributed by atoms with van der Waals surface area (Å²) in [7, 11) is 0. The van der Waals surface area contributed by atoms with Crippen molar-refractivity contribution in [3.8, 4) is 0 Å². The van der Waals surface area contributed by atoms with Gasteiger partial charge in [-0.2, -0.15) is 0 Å². The highest BCUT2D eigenvalue weighted by molar-refractivity contribution is 6.35. The van der Waals surface area contributed by atoms with Gasteiger partial charge < -0.3 is 15.3 Å². The molecule has 30 heavy (non-hydrogen) atoms. The van der Waals surface area contributed by atoms with Crippen LogP contribution in [0, 0.1) is 11.8 Å². The zero-order chi connectivity index (χ0) is 21.3. The van der Waals surface area contributed by atoms with Gasteiger partial charge in [0, 0.05) is 50.4 Å². The fraction of sp³-hybridized carbons (Fsp3) is 0.545. The monoisotopic (exact) mass is 437 g/mol. The van der Waals surface area contributed by atoms with E-state index in [0.717, 1.165) is 25.3 Å². The molecular formula is C22H26ClF2N3O2. The number of aromatic nitrogens is 1. The third-order valence-electron chi connectivity index (χ3n) is 6.19. The van der Waals surface area contributed by atoms with Crippen molar-refractivity contribution in [2.24, 2.45) is 11.8 Å². The maximum Gasteiger partial charge on any atom is 0.253 e. The van der Waals surface area contributed by atoms with Crippen molar-refractivity contribution in [1.29, 1.82) is 0 Å². The third-order valence-corrected chi connectivity index (χ3v) is 6.51. The van der Waals surface area contributed by atoms with Crippen molar-refractivity contribution in [2.75, 3.05) is 31.1 Å². The molecule has 0 radical (unpaired) electrons. The number of benzene rings is 1. The number of alkyl halides is 2. The van der Waals surface area contributed by atoms with Crippen molar-refractivity contribution in [3.63, 3.8) is 0 Å². The van der Waals surface area contributed by atoms with E-state index in [1.807, 2.05) is 12.1 Å². The molecule has 8 heteroatoms. The molecule has 4 rings (SSSR count). The Morgan fingerprint density at radius 1 is 1.27 bits per heavy atom. The number of pyridine rings is 1. The molecule has 5 nitrogen and oxygen atoms in total. The van der Waals surface area contributed by atoms with Crippen LogP contribution in [0.15, 0.2) is 24.3 Å². The molecule has 1 aromatic carbocycles. The molecule has 1 aromatic heterocycles. The Hall–Kier alpha value is -1.99. The number of nitrogens with one attached hydrogen (secondary N) is 1. The van der Waals surface area contributed by atoms with Gasteiger partial charge in [-0.25, -0.2) is 13.8 Å².